The highest BCUT2D eigenvalue weighted by atomic mass is 16.1. The van der Waals surface area contributed by atoms with E-state index in [4.69, 9.17) is 5.73 Å². The molecule has 1 aliphatic heterocycles. The van der Waals surface area contributed by atoms with Crippen molar-refractivity contribution in [2.75, 3.05) is 44.2 Å². The van der Waals surface area contributed by atoms with Crippen LogP contribution in [0.15, 0.2) is 18.5 Å². The highest BCUT2D eigenvalue weighted by Crippen LogP contribution is 2.09. The minimum Gasteiger partial charge on any atom is -0.368 e. The van der Waals surface area contributed by atoms with Gasteiger partial charge in [-0.1, -0.05) is 6.92 Å². The Hall–Kier alpha value is -1.73. The zero-order valence-electron chi connectivity index (χ0n) is 11.8. The molecule has 1 amide bonds. The summed E-state index contributed by atoms with van der Waals surface area (Å²) in [6.45, 7) is 6.86. The van der Waals surface area contributed by atoms with Gasteiger partial charge in [0.25, 0.3) is 0 Å². The molecular weight excluding hydrogens is 256 g/mol. The molecule has 20 heavy (non-hydrogen) atoms. The molecule has 0 radical (unpaired) electrons. The molecule has 1 unspecified atom stereocenters. The van der Waals surface area contributed by atoms with E-state index in [0.717, 1.165) is 38.7 Å². The van der Waals surface area contributed by atoms with E-state index < -0.39 is 0 Å². The normalized spacial score (nSPS) is 17.9. The lowest BCUT2D eigenvalue weighted by Gasteiger charge is -2.35. The maximum atomic E-state index is 11.4. The number of carbonyl (C=O) groups excluding carboxylic acids is 1. The molecule has 7 nitrogen and oxygen atoms in total. The van der Waals surface area contributed by atoms with Crippen molar-refractivity contribution in [1.82, 2.24) is 20.2 Å². The minimum absolute atomic E-state index is 0.278. The first-order valence-electron chi connectivity index (χ1n) is 6.97. The maximum Gasteiger partial charge on any atom is 0.235 e. The summed E-state index contributed by atoms with van der Waals surface area (Å²) in [4.78, 5) is 24.3. The Morgan fingerprint density at radius 3 is 2.55 bits per heavy atom. The number of rotatable bonds is 6. The van der Waals surface area contributed by atoms with Crippen LogP contribution in [0.1, 0.15) is 6.92 Å². The monoisotopic (exact) mass is 278 g/mol. The van der Waals surface area contributed by atoms with Crippen LogP contribution in [0, 0.1) is 0 Å². The Bertz CT molecular complexity index is 418. The van der Waals surface area contributed by atoms with Crippen molar-refractivity contribution in [3.05, 3.63) is 18.5 Å². The van der Waals surface area contributed by atoms with Crippen molar-refractivity contribution in [2.45, 2.75) is 13.0 Å². The zero-order valence-corrected chi connectivity index (χ0v) is 11.8. The topological polar surface area (TPSA) is 87.4 Å². The summed E-state index contributed by atoms with van der Waals surface area (Å²) in [5.74, 6) is 0.478. The number of hydrogen-bond donors (Lipinski definition) is 2. The maximum absolute atomic E-state index is 11.4. The summed E-state index contributed by atoms with van der Waals surface area (Å²) in [5.41, 5.74) is 5.40. The Labute approximate surface area is 119 Å². The van der Waals surface area contributed by atoms with E-state index in [1.807, 2.05) is 13.0 Å². The van der Waals surface area contributed by atoms with Crippen molar-refractivity contribution in [1.29, 1.82) is 0 Å². The fourth-order valence-electron chi connectivity index (χ4n) is 2.34. The molecule has 3 N–H and O–H groups in total. The van der Waals surface area contributed by atoms with Crippen LogP contribution in [0.5, 0.6) is 0 Å². The van der Waals surface area contributed by atoms with E-state index >= 15 is 0 Å². The zero-order chi connectivity index (χ0) is 14.4. The van der Waals surface area contributed by atoms with E-state index in [2.05, 4.69) is 25.1 Å². The Balaban J connectivity index is 1.83. The van der Waals surface area contributed by atoms with E-state index in [9.17, 15) is 4.79 Å². The Morgan fingerprint density at radius 1 is 1.35 bits per heavy atom. The van der Waals surface area contributed by atoms with Gasteiger partial charge in [-0.05, 0) is 12.6 Å². The number of nitrogens with one attached hydrogen (secondary N) is 1. The second-order valence-corrected chi connectivity index (χ2v) is 4.85. The van der Waals surface area contributed by atoms with Gasteiger partial charge in [-0.2, -0.15) is 0 Å². The summed E-state index contributed by atoms with van der Waals surface area (Å²) in [5, 5.41) is 3.12. The third-order valence-corrected chi connectivity index (χ3v) is 3.44. The fraction of sp³-hybridized carbons (Fsp3) is 0.615. The predicted molar refractivity (Wildman–Crippen MR) is 77.3 cm³/mol. The third-order valence-electron chi connectivity index (χ3n) is 3.44. The number of aromatic nitrogens is 2. The molecule has 7 heteroatoms. The van der Waals surface area contributed by atoms with Crippen molar-refractivity contribution in [3.63, 3.8) is 0 Å². The number of carbonyl (C=O) groups is 1. The van der Waals surface area contributed by atoms with Crippen LogP contribution >= 0.6 is 0 Å². The number of likely N-dealkylation sites (N-methyl/N-ethyl adjacent to an activating group) is 1. The molecule has 0 aliphatic carbocycles. The van der Waals surface area contributed by atoms with Gasteiger partial charge in [0.15, 0.2) is 0 Å². The molecule has 0 aromatic carbocycles. The Kier molecular flexibility index (Phi) is 5.25. The smallest absolute Gasteiger partial charge is 0.235 e. The van der Waals surface area contributed by atoms with E-state index in [1.54, 1.807) is 12.4 Å². The van der Waals surface area contributed by atoms with Crippen LogP contribution in [0.4, 0.5) is 5.95 Å². The molecule has 2 heterocycles. The first kappa shape index (κ1) is 14.7. The molecule has 1 aromatic rings. The van der Waals surface area contributed by atoms with Gasteiger partial charge in [-0.15, -0.1) is 0 Å². The quantitative estimate of drug-likeness (QED) is 0.698. The van der Waals surface area contributed by atoms with Crippen molar-refractivity contribution >= 4 is 11.9 Å². The number of anilines is 1. The van der Waals surface area contributed by atoms with Gasteiger partial charge in [0.1, 0.15) is 0 Å². The summed E-state index contributed by atoms with van der Waals surface area (Å²) >= 11 is 0. The molecule has 2 rings (SSSR count). The molecular formula is C13H22N6O. The average Bonchev–Trinajstić information content (AvgIpc) is 2.48. The standard InChI is InChI=1S/C13H22N6O/c1-2-15-11(12(14)20)10-18-6-8-19(9-7-18)13-16-4-3-5-17-13/h3-5,11,15H,2,6-10H2,1H3,(H2,14,20). The van der Waals surface area contributed by atoms with Gasteiger partial charge < -0.3 is 16.0 Å². The lowest BCUT2D eigenvalue weighted by Crippen LogP contribution is -2.54. The van der Waals surface area contributed by atoms with Crippen LogP contribution in [0.3, 0.4) is 0 Å². The molecule has 1 aromatic heterocycles. The second kappa shape index (κ2) is 7.16. The van der Waals surface area contributed by atoms with Crippen molar-refractivity contribution in [3.8, 4) is 0 Å². The lowest BCUT2D eigenvalue weighted by molar-refractivity contribution is -0.120. The first-order chi connectivity index (χ1) is 9.70. The molecule has 1 saturated heterocycles. The summed E-state index contributed by atoms with van der Waals surface area (Å²) in [7, 11) is 0. The molecule has 1 aliphatic rings. The Morgan fingerprint density at radius 2 is 2.00 bits per heavy atom. The molecule has 0 saturated carbocycles. The van der Waals surface area contributed by atoms with Gasteiger partial charge in [0.2, 0.25) is 11.9 Å². The number of piperazine rings is 1. The van der Waals surface area contributed by atoms with Crippen LogP contribution in [0.2, 0.25) is 0 Å². The number of nitrogens with two attached hydrogens (primary N) is 1. The highest BCUT2D eigenvalue weighted by molar-refractivity contribution is 5.80. The number of primary amides is 1. The van der Waals surface area contributed by atoms with E-state index in [0.29, 0.717) is 6.54 Å². The number of nitrogens with zero attached hydrogens (tertiary/aromatic N) is 4. The number of hydrogen-bond acceptors (Lipinski definition) is 6. The first-order valence-corrected chi connectivity index (χ1v) is 6.97. The van der Waals surface area contributed by atoms with Crippen molar-refractivity contribution < 1.29 is 4.79 Å². The van der Waals surface area contributed by atoms with Crippen LogP contribution in [0.25, 0.3) is 0 Å². The van der Waals surface area contributed by atoms with Gasteiger partial charge in [0, 0.05) is 45.1 Å². The summed E-state index contributed by atoms with van der Waals surface area (Å²) in [6.07, 6.45) is 3.51. The molecule has 1 atom stereocenters. The van der Waals surface area contributed by atoms with Crippen molar-refractivity contribution in [2.24, 2.45) is 5.73 Å². The van der Waals surface area contributed by atoms with Gasteiger partial charge >= 0.3 is 0 Å². The van der Waals surface area contributed by atoms with Crippen LogP contribution < -0.4 is 16.0 Å². The van der Waals surface area contributed by atoms with Gasteiger partial charge in [-0.3, -0.25) is 9.69 Å². The molecule has 0 spiro atoms. The molecule has 1 fully saturated rings. The third kappa shape index (κ3) is 3.88. The summed E-state index contributed by atoms with van der Waals surface area (Å²) < 4.78 is 0. The molecule has 0 bridgehead atoms. The molecule has 110 valence electrons. The largest absolute Gasteiger partial charge is 0.368 e. The van der Waals surface area contributed by atoms with Gasteiger partial charge in [0.05, 0.1) is 6.04 Å². The van der Waals surface area contributed by atoms with Gasteiger partial charge in [-0.25, -0.2) is 9.97 Å². The van der Waals surface area contributed by atoms with Crippen LogP contribution in [-0.2, 0) is 4.79 Å². The predicted octanol–water partition coefficient (Wildman–Crippen LogP) is -0.938. The van der Waals surface area contributed by atoms with E-state index in [1.165, 1.54) is 0 Å². The fourth-order valence-corrected chi connectivity index (χ4v) is 2.34. The lowest BCUT2D eigenvalue weighted by atomic mass is 10.2. The average molecular weight is 278 g/mol. The summed E-state index contributed by atoms with van der Waals surface area (Å²) in [6, 6.07) is 1.53. The van der Waals surface area contributed by atoms with E-state index in [-0.39, 0.29) is 11.9 Å². The second-order valence-electron chi connectivity index (χ2n) is 4.85. The SMILES string of the molecule is CCNC(CN1CCN(c2ncccn2)CC1)C(N)=O. The van der Waals surface area contributed by atoms with Crippen LogP contribution in [-0.4, -0.2) is 66.1 Å². The minimum atomic E-state index is -0.291. The number of amides is 1. The highest BCUT2D eigenvalue weighted by Gasteiger charge is 2.23.